The second kappa shape index (κ2) is 3.65. The summed E-state index contributed by atoms with van der Waals surface area (Å²) in [4.78, 5) is 4.34. The molecule has 1 atom stereocenters. The molecule has 2 nitrogen and oxygen atoms in total. The molecular formula is C12H15FN2. The third-order valence-electron chi connectivity index (χ3n) is 2.87. The van der Waals surface area contributed by atoms with Gasteiger partial charge in [0.1, 0.15) is 5.69 Å². The molecule has 1 aliphatic heterocycles. The van der Waals surface area contributed by atoms with Crippen LogP contribution in [0.5, 0.6) is 0 Å². The first-order chi connectivity index (χ1) is 7.11. The molecule has 0 aliphatic carbocycles. The van der Waals surface area contributed by atoms with Crippen molar-refractivity contribution in [2.24, 2.45) is 4.99 Å². The Morgan fingerprint density at radius 2 is 2.27 bits per heavy atom. The van der Waals surface area contributed by atoms with Crippen LogP contribution in [0.2, 0.25) is 0 Å². The maximum atomic E-state index is 13.6. The van der Waals surface area contributed by atoms with Crippen molar-refractivity contribution < 1.29 is 4.39 Å². The largest absolute Gasteiger partial charge is 0.399 e. The van der Waals surface area contributed by atoms with E-state index in [1.807, 2.05) is 13.0 Å². The van der Waals surface area contributed by atoms with Gasteiger partial charge < -0.3 is 5.73 Å². The van der Waals surface area contributed by atoms with E-state index in [4.69, 9.17) is 5.73 Å². The van der Waals surface area contributed by atoms with Gasteiger partial charge in [0, 0.05) is 11.4 Å². The van der Waals surface area contributed by atoms with Crippen LogP contribution >= 0.6 is 0 Å². The van der Waals surface area contributed by atoms with E-state index in [0.29, 0.717) is 17.3 Å². The number of rotatable bonds is 1. The zero-order valence-corrected chi connectivity index (χ0v) is 9.05. The third-order valence-corrected chi connectivity index (χ3v) is 2.87. The first-order valence-corrected chi connectivity index (χ1v) is 5.27. The van der Waals surface area contributed by atoms with Crippen molar-refractivity contribution in [3.05, 3.63) is 23.5 Å². The minimum atomic E-state index is -0.303. The maximum Gasteiger partial charge on any atom is 0.151 e. The second-order valence-electron chi connectivity index (χ2n) is 4.08. The number of hydrogen-bond acceptors (Lipinski definition) is 2. The number of fused-ring (bicyclic) bond motifs is 1. The van der Waals surface area contributed by atoms with E-state index in [9.17, 15) is 4.39 Å². The lowest BCUT2D eigenvalue weighted by molar-refractivity contribution is 0.622. The van der Waals surface area contributed by atoms with Gasteiger partial charge in [-0.1, -0.05) is 13.8 Å². The Hall–Kier alpha value is -1.38. The average Bonchev–Trinajstić information content (AvgIpc) is 2.19. The van der Waals surface area contributed by atoms with Crippen molar-refractivity contribution in [3.8, 4) is 0 Å². The van der Waals surface area contributed by atoms with Crippen LogP contribution < -0.4 is 5.73 Å². The first kappa shape index (κ1) is 10.1. The van der Waals surface area contributed by atoms with Crippen LogP contribution in [0.15, 0.2) is 17.1 Å². The van der Waals surface area contributed by atoms with E-state index >= 15 is 0 Å². The van der Waals surface area contributed by atoms with Gasteiger partial charge in [0.15, 0.2) is 5.82 Å². The second-order valence-corrected chi connectivity index (χ2v) is 4.08. The van der Waals surface area contributed by atoms with Gasteiger partial charge in [0.2, 0.25) is 0 Å². The maximum absolute atomic E-state index is 13.6. The zero-order chi connectivity index (χ0) is 11.0. The molecule has 3 heteroatoms. The lowest BCUT2D eigenvalue weighted by Crippen LogP contribution is -2.10. The summed E-state index contributed by atoms with van der Waals surface area (Å²) in [5.41, 5.74) is 8.59. The highest BCUT2D eigenvalue weighted by Crippen LogP contribution is 2.38. The Morgan fingerprint density at radius 1 is 1.53 bits per heavy atom. The third kappa shape index (κ3) is 1.74. The highest BCUT2D eigenvalue weighted by Gasteiger charge is 2.21. The molecule has 0 fully saturated rings. The van der Waals surface area contributed by atoms with Crippen LogP contribution in [0.4, 0.5) is 15.8 Å². The van der Waals surface area contributed by atoms with Crippen molar-refractivity contribution in [2.45, 2.75) is 32.6 Å². The van der Waals surface area contributed by atoms with Crippen LogP contribution in [-0.2, 0) is 0 Å². The quantitative estimate of drug-likeness (QED) is 0.703. The standard InChI is InChI=1S/C12H15FN2/c1-3-9-4-7(2)10-5-8(14)6-11(13)12(10)15-9/h5-7H,3-4,14H2,1-2H3. The molecule has 0 amide bonds. The Morgan fingerprint density at radius 3 is 2.93 bits per heavy atom. The molecule has 80 valence electrons. The van der Waals surface area contributed by atoms with Gasteiger partial charge in [-0.15, -0.1) is 0 Å². The van der Waals surface area contributed by atoms with Crippen LogP contribution in [0.3, 0.4) is 0 Å². The van der Waals surface area contributed by atoms with Crippen molar-refractivity contribution in [1.82, 2.24) is 0 Å². The fourth-order valence-corrected chi connectivity index (χ4v) is 2.03. The van der Waals surface area contributed by atoms with Gasteiger partial charge >= 0.3 is 0 Å². The number of nitrogens with zero attached hydrogens (tertiary/aromatic N) is 1. The van der Waals surface area contributed by atoms with E-state index < -0.39 is 0 Å². The minimum absolute atomic E-state index is 0.303. The first-order valence-electron chi connectivity index (χ1n) is 5.27. The van der Waals surface area contributed by atoms with Crippen LogP contribution in [-0.4, -0.2) is 5.71 Å². The lowest BCUT2D eigenvalue weighted by atomic mass is 9.90. The number of aliphatic imine (C=N–C) groups is 1. The predicted molar refractivity (Wildman–Crippen MR) is 61.2 cm³/mol. The molecule has 2 rings (SSSR count). The molecule has 0 radical (unpaired) electrons. The fourth-order valence-electron chi connectivity index (χ4n) is 2.03. The highest BCUT2D eigenvalue weighted by atomic mass is 19.1. The molecule has 0 bridgehead atoms. The predicted octanol–water partition coefficient (Wildman–Crippen LogP) is 3.40. The Balaban J connectivity index is 2.59. The molecule has 0 saturated heterocycles. The number of nitrogen functional groups attached to an aromatic ring is 1. The van der Waals surface area contributed by atoms with E-state index in [2.05, 4.69) is 11.9 Å². The average molecular weight is 206 g/mol. The van der Waals surface area contributed by atoms with Gasteiger partial charge in [0.25, 0.3) is 0 Å². The Labute approximate surface area is 89.0 Å². The smallest absolute Gasteiger partial charge is 0.151 e. The van der Waals surface area contributed by atoms with Gasteiger partial charge in [-0.2, -0.15) is 0 Å². The number of halogens is 1. The Bertz CT molecular complexity index is 424. The van der Waals surface area contributed by atoms with E-state index in [0.717, 1.165) is 24.1 Å². The van der Waals surface area contributed by atoms with Crippen molar-refractivity contribution in [2.75, 3.05) is 5.73 Å². The molecule has 1 aliphatic rings. The molecular weight excluding hydrogens is 191 g/mol. The molecule has 0 saturated carbocycles. The van der Waals surface area contributed by atoms with Gasteiger partial charge in [0.05, 0.1) is 0 Å². The number of hydrogen-bond donors (Lipinski definition) is 1. The van der Waals surface area contributed by atoms with Crippen molar-refractivity contribution in [1.29, 1.82) is 0 Å². The van der Waals surface area contributed by atoms with Gasteiger partial charge in [-0.25, -0.2) is 4.39 Å². The summed E-state index contributed by atoms with van der Waals surface area (Å²) in [6.07, 6.45) is 1.79. The lowest BCUT2D eigenvalue weighted by Gasteiger charge is -2.21. The highest BCUT2D eigenvalue weighted by molar-refractivity contribution is 5.90. The van der Waals surface area contributed by atoms with Crippen LogP contribution in [0.25, 0.3) is 0 Å². The SMILES string of the molecule is CCC1=Nc2c(F)cc(N)cc2C(C)C1. The zero-order valence-electron chi connectivity index (χ0n) is 9.05. The topological polar surface area (TPSA) is 38.4 Å². The molecule has 0 aromatic heterocycles. The summed E-state index contributed by atoms with van der Waals surface area (Å²) in [5.74, 6) is 0.00736. The van der Waals surface area contributed by atoms with Crippen LogP contribution in [0, 0.1) is 5.82 Å². The molecule has 1 aromatic rings. The fraction of sp³-hybridized carbons (Fsp3) is 0.417. The minimum Gasteiger partial charge on any atom is -0.399 e. The molecule has 1 heterocycles. The summed E-state index contributed by atoms with van der Waals surface area (Å²) >= 11 is 0. The summed E-state index contributed by atoms with van der Waals surface area (Å²) in [6, 6.07) is 3.17. The number of nitrogens with two attached hydrogens (primary N) is 1. The van der Waals surface area contributed by atoms with Gasteiger partial charge in [-0.3, -0.25) is 4.99 Å². The van der Waals surface area contributed by atoms with E-state index in [1.165, 1.54) is 6.07 Å². The normalized spacial score (nSPS) is 19.7. The summed E-state index contributed by atoms with van der Waals surface area (Å²) < 4.78 is 13.6. The summed E-state index contributed by atoms with van der Waals surface area (Å²) in [7, 11) is 0. The van der Waals surface area contributed by atoms with E-state index in [-0.39, 0.29) is 5.82 Å². The molecule has 2 N–H and O–H groups in total. The summed E-state index contributed by atoms with van der Waals surface area (Å²) in [6.45, 7) is 4.13. The van der Waals surface area contributed by atoms with Crippen molar-refractivity contribution >= 4 is 17.1 Å². The molecule has 1 unspecified atom stereocenters. The molecule has 1 aromatic carbocycles. The number of anilines is 1. The van der Waals surface area contributed by atoms with E-state index in [1.54, 1.807) is 0 Å². The summed E-state index contributed by atoms with van der Waals surface area (Å²) in [5, 5.41) is 0. The molecule has 15 heavy (non-hydrogen) atoms. The Kier molecular flexibility index (Phi) is 2.47. The molecule has 0 spiro atoms. The van der Waals surface area contributed by atoms with Crippen LogP contribution in [0.1, 0.15) is 38.2 Å². The monoisotopic (exact) mass is 206 g/mol. The van der Waals surface area contributed by atoms with Gasteiger partial charge in [-0.05, 0) is 36.5 Å². The van der Waals surface area contributed by atoms with Crippen molar-refractivity contribution in [3.63, 3.8) is 0 Å². The number of benzene rings is 1.